The topological polar surface area (TPSA) is 66.9 Å². The van der Waals surface area contributed by atoms with Crippen LogP contribution in [0.3, 0.4) is 0 Å². The second kappa shape index (κ2) is 6.15. The molecule has 0 bridgehead atoms. The van der Waals surface area contributed by atoms with Gasteiger partial charge >= 0.3 is 6.03 Å². The fourth-order valence-electron chi connectivity index (χ4n) is 1.76. The van der Waals surface area contributed by atoms with Crippen LogP contribution in [0.15, 0.2) is 60.2 Å². The summed E-state index contributed by atoms with van der Waals surface area (Å²) in [6.07, 6.45) is 3.45. The molecule has 2 aromatic heterocycles. The van der Waals surface area contributed by atoms with Crippen molar-refractivity contribution in [1.82, 2.24) is 9.97 Å². The number of nitrogens with zero attached hydrogens (tertiary/aromatic N) is 2. The lowest BCUT2D eigenvalue weighted by atomic mass is 10.2. The number of carbonyl (C=O) groups is 1. The number of pyridine rings is 1. The average Bonchev–Trinajstić information content (AvgIpc) is 2.97. The summed E-state index contributed by atoms with van der Waals surface area (Å²) in [7, 11) is 0. The first kappa shape index (κ1) is 13.3. The van der Waals surface area contributed by atoms with Crippen molar-refractivity contribution in [2.45, 2.75) is 0 Å². The number of aromatic nitrogens is 2. The molecule has 2 heterocycles. The zero-order valence-corrected chi connectivity index (χ0v) is 11.8. The Kier molecular flexibility index (Phi) is 3.88. The van der Waals surface area contributed by atoms with Gasteiger partial charge in [-0.05, 0) is 24.3 Å². The molecule has 0 atom stereocenters. The van der Waals surface area contributed by atoms with E-state index in [4.69, 9.17) is 0 Å². The quantitative estimate of drug-likeness (QED) is 0.771. The summed E-state index contributed by atoms with van der Waals surface area (Å²) >= 11 is 1.37. The summed E-state index contributed by atoms with van der Waals surface area (Å²) in [6, 6.07) is 12.7. The van der Waals surface area contributed by atoms with E-state index in [-0.39, 0.29) is 6.03 Å². The van der Waals surface area contributed by atoms with Crippen LogP contribution in [-0.2, 0) is 0 Å². The van der Waals surface area contributed by atoms with Crippen molar-refractivity contribution >= 4 is 28.2 Å². The summed E-state index contributed by atoms with van der Waals surface area (Å²) in [5, 5.41) is 7.89. The molecule has 0 saturated carbocycles. The number of urea groups is 1. The highest BCUT2D eigenvalue weighted by Crippen LogP contribution is 2.24. The Hall–Kier alpha value is -2.73. The van der Waals surface area contributed by atoms with Gasteiger partial charge in [-0.15, -0.1) is 11.3 Å². The highest BCUT2D eigenvalue weighted by molar-refractivity contribution is 7.14. The highest BCUT2D eigenvalue weighted by Gasteiger charge is 2.08. The minimum Gasteiger partial charge on any atom is -0.308 e. The maximum atomic E-state index is 11.9. The maximum Gasteiger partial charge on any atom is 0.325 e. The molecule has 6 heteroatoms. The SMILES string of the molecule is O=C(Nc1ccccc1)Nc1nc(-c2cccnc2)cs1. The fourth-order valence-corrected chi connectivity index (χ4v) is 2.47. The monoisotopic (exact) mass is 296 g/mol. The molecule has 0 aliphatic rings. The Morgan fingerprint density at radius 2 is 1.90 bits per heavy atom. The van der Waals surface area contributed by atoms with Crippen molar-refractivity contribution in [3.8, 4) is 11.3 Å². The molecule has 0 radical (unpaired) electrons. The van der Waals surface area contributed by atoms with Crippen LogP contribution in [0.1, 0.15) is 0 Å². The van der Waals surface area contributed by atoms with Gasteiger partial charge in [0.25, 0.3) is 0 Å². The van der Waals surface area contributed by atoms with E-state index >= 15 is 0 Å². The van der Waals surface area contributed by atoms with Gasteiger partial charge in [0.2, 0.25) is 0 Å². The van der Waals surface area contributed by atoms with Crippen molar-refractivity contribution in [2.75, 3.05) is 10.6 Å². The number of rotatable bonds is 3. The Morgan fingerprint density at radius 3 is 2.67 bits per heavy atom. The molecule has 5 nitrogen and oxygen atoms in total. The van der Waals surface area contributed by atoms with Gasteiger partial charge in [-0.25, -0.2) is 9.78 Å². The molecule has 104 valence electrons. The number of amides is 2. The Bertz CT molecular complexity index is 728. The Morgan fingerprint density at radius 1 is 1.05 bits per heavy atom. The van der Waals surface area contributed by atoms with Crippen LogP contribution >= 0.6 is 11.3 Å². The van der Waals surface area contributed by atoms with Crippen LogP contribution in [0.5, 0.6) is 0 Å². The predicted octanol–water partition coefficient (Wildman–Crippen LogP) is 3.85. The maximum absolute atomic E-state index is 11.9. The van der Waals surface area contributed by atoms with Crippen molar-refractivity contribution in [1.29, 1.82) is 0 Å². The van der Waals surface area contributed by atoms with Crippen molar-refractivity contribution in [3.63, 3.8) is 0 Å². The van der Waals surface area contributed by atoms with Crippen LogP contribution < -0.4 is 10.6 Å². The number of anilines is 2. The first-order chi connectivity index (χ1) is 10.3. The highest BCUT2D eigenvalue weighted by atomic mass is 32.1. The van der Waals surface area contributed by atoms with Crippen LogP contribution in [0.25, 0.3) is 11.3 Å². The fraction of sp³-hybridized carbons (Fsp3) is 0. The largest absolute Gasteiger partial charge is 0.325 e. The van der Waals surface area contributed by atoms with E-state index < -0.39 is 0 Å². The zero-order chi connectivity index (χ0) is 14.5. The summed E-state index contributed by atoms with van der Waals surface area (Å²) in [5.74, 6) is 0. The molecular weight excluding hydrogens is 284 g/mol. The Balaban J connectivity index is 1.66. The molecule has 0 saturated heterocycles. The van der Waals surface area contributed by atoms with Crippen LogP contribution in [-0.4, -0.2) is 16.0 Å². The molecule has 0 unspecified atom stereocenters. The third kappa shape index (κ3) is 3.43. The second-order valence-corrected chi connectivity index (χ2v) is 5.08. The molecule has 21 heavy (non-hydrogen) atoms. The third-order valence-corrected chi connectivity index (χ3v) is 3.47. The van der Waals surface area contributed by atoms with Crippen molar-refractivity contribution < 1.29 is 4.79 Å². The normalized spacial score (nSPS) is 10.1. The average molecular weight is 296 g/mol. The smallest absolute Gasteiger partial charge is 0.308 e. The lowest BCUT2D eigenvalue weighted by Crippen LogP contribution is -2.19. The molecular formula is C15H12N4OS. The van der Waals surface area contributed by atoms with Gasteiger partial charge in [0, 0.05) is 29.0 Å². The van der Waals surface area contributed by atoms with E-state index in [2.05, 4.69) is 20.6 Å². The van der Waals surface area contributed by atoms with E-state index in [0.717, 1.165) is 16.9 Å². The van der Waals surface area contributed by atoms with Gasteiger partial charge in [0.05, 0.1) is 5.69 Å². The van der Waals surface area contributed by atoms with Gasteiger partial charge < -0.3 is 5.32 Å². The van der Waals surface area contributed by atoms with Gasteiger partial charge in [0.15, 0.2) is 5.13 Å². The minimum atomic E-state index is -0.312. The number of thiazole rings is 1. The lowest BCUT2D eigenvalue weighted by molar-refractivity contribution is 0.262. The van der Waals surface area contributed by atoms with Crippen molar-refractivity contribution in [3.05, 3.63) is 60.2 Å². The second-order valence-electron chi connectivity index (χ2n) is 4.22. The van der Waals surface area contributed by atoms with E-state index in [1.54, 1.807) is 12.4 Å². The summed E-state index contributed by atoms with van der Waals surface area (Å²) in [6.45, 7) is 0. The van der Waals surface area contributed by atoms with Gasteiger partial charge in [-0.2, -0.15) is 0 Å². The standard InChI is InChI=1S/C15H12N4OS/c20-14(17-12-6-2-1-3-7-12)19-15-18-13(10-21-15)11-5-4-8-16-9-11/h1-10H,(H2,17,18,19,20). The summed E-state index contributed by atoms with van der Waals surface area (Å²) in [4.78, 5) is 20.3. The molecule has 3 aromatic rings. The molecule has 2 N–H and O–H groups in total. The van der Waals surface area contributed by atoms with Gasteiger partial charge in [0.1, 0.15) is 0 Å². The third-order valence-electron chi connectivity index (χ3n) is 2.71. The molecule has 0 fully saturated rings. The number of carbonyl (C=O) groups excluding carboxylic acids is 1. The summed E-state index contributed by atoms with van der Waals surface area (Å²) < 4.78 is 0. The van der Waals surface area contributed by atoms with Crippen LogP contribution in [0, 0.1) is 0 Å². The van der Waals surface area contributed by atoms with Crippen LogP contribution in [0.4, 0.5) is 15.6 Å². The first-order valence-corrected chi connectivity index (χ1v) is 7.18. The Labute approximate surface area is 125 Å². The van der Waals surface area contributed by atoms with E-state index in [0.29, 0.717) is 5.13 Å². The van der Waals surface area contributed by atoms with Gasteiger partial charge in [-0.1, -0.05) is 18.2 Å². The number of hydrogen-bond acceptors (Lipinski definition) is 4. The molecule has 0 aliphatic heterocycles. The number of benzene rings is 1. The zero-order valence-electron chi connectivity index (χ0n) is 11.0. The molecule has 0 aliphatic carbocycles. The summed E-state index contributed by atoms with van der Waals surface area (Å²) in [5.41, 5.74) is 2.45. The lowest BCUT2D eigenvalue weighted by Gasteiger charge is -2.04. The molecule has 2 amide bonds. The minimum absolute atomic E-state index is 0.312. The van der Waals surface area contributed by atoms with E-state index in [1.165, 1.54) is 11.3 Å². The van der Waals surface area contributed by atoms with Gasteiger partial charge in [-0.3, -0.25) is 10.3 Å². The van der Waals surface area contributed by atoms with Crippen LogP contribution in [0.2, 0.25) is 0 Å². The molecule has 0 spiro atoms. The first-order valence-electron chi connectivity index (χ1n) is 6.30. The number of para-hydroxylation sites is 1. The van der Waals surface area contributed by atoms with E-state index in [1.807, 2.05) is 47.8 Å². The number of hydrogen-bond donors (Lipinski definition) is 2. The van der Waals surface area contributed by atoms with Crippen molar-refractivity contribution in [2.24, 2.45) is 0 Å². The molecule has 3 rings (SSSR count). The van der Waals surface area contributed by atoms with E-state index in [9.17, 15) is 4.79 Å². The predicted molar refractivity (Wildman–Crippen MR) is 84.4 cm³/mol. The number of nitrogens with one attached hydrogen (secondary N) is 2. The molecule has 1 aromatic carbocycles.